The fourth-order valence-electron chi connectivity index (χ4n) is 1.01. The second-order valence-corrected chi connectivity index (χ2v) is 3.27. The maximum Gasteiger partial charge on any atom is 0.117 e. The highest BCUT2D eigenvalue weighted by Crippen LogP contribution is 2.17. The first-order chi connectivity index (χ1) is 6.36. The molecule has 13 heavy (non-hydrogen) atoms. The molecule has 0 aliphatic heterocycles. The second-order valence-electron chi connectivity index (χ2n) is 2.46. The van der Waals surface area contributed by atoms with Gasteiger partial charge < -0.3 is 0 Å². The minimum atomic E-state index is 0.786. The molecule has 2 heterocycles. The zero-order chi connectivity index (χ0) is 9.10. The van der Waals surface area contributed by atoms with E-state index in [0.29, 0.717) is 0 Å². The maximum atomic E-state index is 4.14. The van der Waals surface area contributed by atoms with Crippen molar-refractivity contribution >= 4 is 15.9 Å². The molecule has 0 aromatic carbocycles. The number of nitrogens with zero attached hydrogens (tertiary/aromatic N) is 3. The Hall–Kier alpha value is -1.29. The predicted octanol–water partition coefficient (Wildman–Crippen LogP) is 2.30. The van der Waals surface area contributed by atoms with Gasteiger partial charge in [-0.2, -0.15) is 0 Å². The van der Waals surface area contributed by atoms with E-state index in [0.717, 1.165) is 15.9 Å². The Kier molecular flexibility index (Phi) is 2.31. The average Bonchev–Trinajstić information content (AvgIpc) is 2.19. The van der Waals surface area contributed by atoms with Gasteiger partial charge in [0.25, 0.3) is 0 Å². The number of hydrogen-bond donors (Lipinski definition) is 0. The first-order valence-electron chi connectivity index (χ1n) is 3.74. The highest BCUT2D eigenvalue weighted by atomic mass is 79.9. The van der Waals surface area contributed by atoms with Crippen LogP contribution >= 0.6 is 15.9 Å². The molecule has 0 N–H and O–H groups in total. The fraction of sp³-hybridized carbons (Fsp3) is 0. The Morgan fingerprint density at radius 2 is 1.85 bits per heavy atom. The Bertz CT molecular complexity index is 403. The van der Waals surface area contributed by atoms with Gasteiger partial charge in [-0.3, -0.25) is 4.98 Å². The van der Waals surface area contributed by atoms with Crippen molar-refractivity contribution in [1.82, 2.24) is 15.0 Å². The van der Waals surface area contributed by atoms with Crippen LogP contribution < -0.4 is 0 Å². The molecule has 0 atom stereocenters. The zero-order valence-corrected chi connectivity index (χ0v) is 8.27. The summed E-state index contributed by atoms with van der Waals surface area (Å²) in [4.78, 5) is 12.0. The summed E-state index contributed by atoms with van der Waals surface area (Å²) < 4.78 is 0.786. The Balaban J connectivity index is 2.48. The smallest absolute Gasteiger partial charge is 0.117 e. The molecule has 0 fully saturated rings. The van der Waals surface area contributed by atoms with E-state index in [4.69, 9.17) is 0 Å². The Labute approximate surface area is 84.0 Å². The van der Waals surface area contributed by atoms with Gasteiger partial charge in [0.2, 0.25) is 0 Å². The highest BCUT2D eigenvalue weighted by Gasteiger charge is 1.98. The van der Waals surface area contributed by atoms with Gasteiger partial charge in [0.05, 0.1) is 5.69 Å². The number of hydrogen-bond acceptors (Lipinski definition) is 3. The molecule has 4 heteroatoms. The summed E-state index contributed by atoms with van der Waals surface area (Å²) in [6.07, 6.45) is 5.01. The van der Waals surface area contributed by atoms with E-state index in [1.165, 1.54) is 6.33 Å². The normalized spacial score (nSPS) is 9.92. The van der Waals surface area contributed by atoms with Crippen LogP contribution in [0, 0.1) is 0 Å². The molecule has 64 valence electrons. The maximum absolute atomic E-state index is 4.14. The molecule has 3 nitrogen and oxygen atoms in total. The molecular formula is C9H6BrN3. The third-order valence-corrected chi connectivity index (χ3v) is 2.04. The summed E-state index contributed by atoms with van der Waals surface area (Å²) in [6, 6.07) is 5.69. The average molecular weight is 236 g/mol. The van der Waals surface area contributed by atoms with Crippen molar-refractivity contribution < 1.29 is 0 Å². The molecule has 2 rings (SSSR count). The molecule has 0 unspecified atom stereocenters. The van der Waals surface area contributed by atoms with Crippen LogP contribution in [-0.2, 0) is 0 Å². The molecule has 0 radical (unpaired) electrons. The molecule has 0 aliphatic carbocycles. The number of rotatable bonds is 1. The van der Waals surface area contributed by atoms with Crippen LogP contribution in [0.15, 0.2) is 41.5 Å². The van der Waals surface area contributed by atoms with Gasteiger partial charge >= 0.3 is 0 Å². The van der Waals surface area contributed by atoms with Crippen molar-refractivity contribution in [3.8, 4) is 11.3 Å². The van der Waals surface area contributed by atoms with E-state index in [2.05, 4.69) is 30.9 Å². The van der Waals surface area contributed by atoms with Crippen molar-refractivity contribution in [3.05, 3.63) is 41.5 Å². The quantitative estimate of drug-likeness (QED) is 0.713. The molecule has 0 amide bonds. The summed E-state index contributed by atoms with van der Waals surface area (Å²) in [5.74, 6) is 0. The molecular weight excluding hydrogens is 230 g/mol. The summed E-state index contributed by atoms with van der Waals surface area (Å²) in [7, 11) is 0. The van der Waals surface area contributed by atoms with Gasteiger partial charge in [0, 0.05) is 18.0 Å². The Morgan fingerprint density at radius 1 is 1.08 bits per heavy atom. The third-order valence-electron chi connectivity index (χ3n) is 1.61. The van der Waals surface area contributed by atoms with E-state index in [1.807, 2.05) is 18.2 Å². The van der Waals surface area contributed by atoms with Crippen LogP contribution in [0.4, 0.5) is 0 Å². The van der Waals surface area contributed by atoms with Crippen LogP contribution in [0.2, 0.25) is 0 Å². The first kappa shape index (κ1) is 8.31. The minimum Gasteiger partial charge on any atom is -0.265 e. The minimum absolute atomic E-state index is 0.786. The van der Waals surface area contributed by atoms with Gasteiger partial charge in [0.15, 0.2) is 0 Å². The van der Waals surface area contributed by atoms with E-state index >= 15 is 0 Å². The highest BCUT2D eigenvalue weighted by molar-refractivity contribution is 9.10. The van der Waals surface area contributed by atoms with Crippen molar-refractivity contribution in [3.63, 3.8) is 0 Å². The summed E-state index contributed by atoms with van der Waals surface area (Å²) in [6.45, 7) is 0. The topological polar surface area (TPSA) is 38.7 Å². The predicted molar refractivity (Wildman–Crippen MR) is 53.0 cm³/mol. The summed E-state index contributed by atoms with van der Waals surface area (Å²) >= 11 is 3.29. The van der Waals surface area contributed by atoms with E-state index < -0.39 is 0 Å². The standard InChI is InChI=1S/C9H6BrN3/c10-9-5-8(12-6-13-9)7-1-3-11-4-2-7/h1-6H. The summed E-state index contributed by atoms with van der Waals surface area (Å²) in [5.41, 5.74) is 1.93. The first-order valence-corrected chi connectivity index (χ1v) is 4.53. The lowest BCUT2D eigenvalue weighted by molar-refractivity contribution is 1.14. The Morgan fingerprint density at radius 3 is 2.54 bits per heavy atom. The molecule has 2 aromatic heterocycles. The van der Waals surface area contributed by atoms with Gasteiger partial charge in [0.1, 0.15) is 10.9 Å². The lowest BCUT2D eigenvalue weighted by Crippen LogP contribution is -1.85. The van der Waals surface area contributed by atoms with Crippen molar-refractivity contribution in [2.45, 2.75) is 0 Å². The number of aromatic nitrogens is 3. The molecule has 0 spiro atoms. The van der Waals surface area contributed by atoms with Gasteiger partial charge in [-0.1, -0.05) is 0 Å². The van der Waals surface area contributed by atoms with Crippen molar-refractivity contribution in [2.24, 2.45) is 0 Å². The lowest BCUT2D eigenvalue weighted by Gasteiger charge is -1.98. The molecule has 0 saturated heterocycles. The second kappa shape index (κ2) is 3.62. The molecule has 0 aliphatic rings. The number of pyridine rings is 1. The van der Waals surface area contributed by atoms with E-state index in [9.17, 15) is 0 Å². The van der Waals surface area contributed by atoms with E-state index in [1.54, 1.807) is 12.4 Å². The van der Waals surface area contributed by atoms with Crippen LogP contribution in [0.3, 0.4) is 0 Å². The SMILES string of the molecule is Brc1cc(-c2ccncc2)ncn1. The molecule has 0 bridgehead atoms. The lowest BCUT2D eigenvalue weighted by atomic mass is 10.2. The van der Waals surface area contributed by atoms with Crippen LogP contribution in [0.1, 0.15) is 0 Å². The van der Waals surface area contributed by atoms with Crippen LogP contribution in [0.5, 0.6) is 0 Å². The monoisotopic (exact) mass is 235 g/mol. The largest absolute Gasteiger partial charge is 0.265 e. The van der Waals surface area contributed by atoms with Gasteiger partial charge in [-0.25, -0.2) is 9.97 Å². The van der Waals surface area contributed by atoms with E-state index in [-0.39, 0.29) is 0 Å². The molecule has 0 saturated carbocycles. The van der Waals surface area contributed by atoms with Gasteiger partial charge in [-0.05, 0) is 34.1 Å². The third kappa shape index (κ3) is 1.89. The van der Waals surface area contributed by atoms with Crippen molar-refractivity contribution in [1.29, 1.82) is 0 Å². The summed E-state index contributed by atoms with van der Waals surface area (Å²) in [5, 5.41) is 0. The molecule has 2 aromatic rings. The van der Waals surface area contributed by atoms with Crippen molar-refractivity contribution in [2.75, 3.05) is 0 Å². The zero-order valence-electron chi connectivity index (χ0n) is 6.68. The van der Waals surface area contributed by atoms with Crippen LogP contribution in [0.25, 0.3) is 11.3 Å². The number of halogens is 1. The van der Waals surface area contributed by atoms with Gasteiger partial charge in [-0.15, -0.1) is 0 Å². The van der Waals surface area contributed by atoms with Crippen LogP contribution in [-0.4, -0.2) is 15.0 Å². The fourth-order valence-corrected chi connectivity index (χ4v) is 1.32.